The number of nitrogens with one attached hydrogen (secondary N) is 1. The zero-order valence-electron chi connectivity index (χ0n) is 22.8. The third-order valence-electron chi connectivity index (χ3n) is 6.16. The van der Waals surface area contributed by atoms with Crippen LogP contribution in [0, 0.1) is 5.92 Å². The van der Waals surface area contributed by atoms with Crippen LogP contribution in [0.3, 0.4) is 0 Å². The SMILES string of the molecule is COc1ccc(S(=O)(=O)N(CC(=O)N(Cc2ccc(Cl)cc2)[C@H](C)C(=O)NCC(C)C)c2ccc(Cl)cc2)cc1. The summed E-state index contributed by atoms with van der Waals surface area (Å²) in [6.45, 7) is 5.52. The molecule has 0 heterocycles. The second-order valence-corrected chi connectivity index (χ2v) is 12.4. The van der Waals surface area contributed by atoms with Gasteiger partial charge in [-0.25, -0.2) is 8.42 Å². The normalized spacial score (nSPS) is 12.1. The van der Waals surface area contributed by atoms with Gasteiger partial charge < -0.3 is 15.0 Å². The summed E-state index contributed by atoms with van der Waals surface area (Å²) in [5, 5.41) is 3.80. The van der Waals surface area contributed by atoms with E-state index in [1.165, 1.54) is 48.4 Å². The van der Waals surface area contributed by atoms with E-state index in [-0.39, 0.29) is 29.0 Å². The lowest BCUT2D eigenvalue weighted by molar-refractivity contribution is -0.139. The Hall–Kier alpha value is -3.27. The van der Waals surface area contributed by atoms with Gasteiger partial charge >= 0.3 is 0 Å². The van der Waals surface area contributed by atoms with Crippen molar-refractivity contribution in [3.8, 4) is 5.75 Å². The molecule has 0 bridgehead atoms. The molecule has 0 unspecified atom stereocenters. The molecule has 3 aromatic carbocycles. The van der Waals surface area contributed by atoms with E-state index in [9.17, 15) is 18.0 Å². The van der Waals surface area contributed by atoms with Crippen molar-refractivity contribution in [2.75, 3.05) is 24.5 Å². The Kier molecular flexibility index (Phi) is 10.8. The zero-order chi connectivity index (χ0) is 29.4. The molecule has 0 saturated heterocycles. The van der Waals surface area contributed by atoms with Gasteiger partial charge in [0.2, 0.25) is 11.8 Å². The predicted molar refractivity (Wildman–Crippen MR) is 158 cm³/mol. The second kappa shape index (κ2) is 13.9. The summed E-state index contributed by atoms with van der Waals surface area (Å²) in [5.74, 6) is -0.198. The number of hydrogen-bond donors (Lipinski definition) is 1. The number of amides is 2. The third-order valence-corrected chi connectivity index (χ3v) is 8.45. The summed E-state index contributed by atoms with van der Waals surface area (Å²) in [7, 11) is -2.72. The van der Waals surface area contributed by atoms with Gasteiger partial charge in [-0.15, -0.1) is 0 Å². The maximum atomic E-state index is 13.9. The number of carbonyl (C=O) groups is 2. The molecule has 0 aliphatic rings. The monoisotopic (exact) mass is 605 g/mol. The molecule has 1 atom stereocenters. The maximum absolute atomic E-state index is 13.9. The molecule has 3 aromatic rings. The van der Waals surface area contributed by atoms with Crippen LogP contribution in [0.25, 0.3) is 0 Å². The van der Waals surface area contributed by atoms with E-state index in [0.717, 1.165) is 9.87 Å². The lowest BCUT2D eigenvalue weighted by atomic mass is 10.1. The van der Waals surface area contributed by atoms with Crippen LogP contribution < -0.4 is 14.4 Å². The van der Waals surface area contributed by atoms with Gasteiger partial charge in [-0.1, -0.05) is 49.2 Å². The van der Waals surface area contributed by atoms with Gasteiger partial charge in [0.05, 0.1) is 17.7 Å². The van der Waals surface area contributed by atoms with Crippen molar-refractivity contribution < 1.29 is 22.7 Å². The summed E-state index contributed by atoms with van der Waals surface area (Å²) in [6, 6.07) is 18.1. The Morgan fingerprint density at radius 2 is 1.43 bits per heavy atom. The molecule has 0 aromatic heterocycles. The Morgan fingerprint density at radius 3 is 1.95 bits per heavy atom. The molecule has 0 aliphatic carbocycles. The number of hydrogen-bond acceptors (Lipinski definition) is 5. The molecule has 0 aliphatic heterocycles. The number of anilines is 1. The second-order valence-electron chi connectivity index (χ2n) is 9.63. The number of sulfonamides is 1. The van der Waals surface area contributed by atoms with Gasteiger partial charge in [-0.2, -0.15) is 0 Å². The molecule has 2 amide bonds. The molecule has 1 N–H and O–H groups in total. The summed E-state index contributed by atoms with van der Waals surface area (Å²) in [5.41, 5.74) is 0.981. The molecule has 40 heavy (non-hydrogen) atoms. The fourth-order valence-corrected chi connectivity index (χ4v) is 5.50. The minimum atomic E-state index is -4.20. The first-order valence-corrected chi connectivity index (χ1v) is 14.9. The van der Waals surface area contributed by atoms with Crippen LogP contribution in [0.5, 0.6) is 5.75 Å². The fraction of sp³-hybridized carbons (Fsp3) is 0.310. The van der Waals surface area contributed by atoms with Gasteiger partial charge in [0, 0.05) is 23.1 Å². The highest BCUT2D eigenvalue weighted by atomic mass is 35.5. The maximum Gasteiger partial charge on any atom is 0.264 e. The van der Waals surface area contributed by atoms with Crippen molar-refractivity contribution in [3.05, 3.63) is 88.4 Å². The summed E-state index contributed by atoms with van der Waals surface area (Å²) in [4.78, 5) is 28.3. The Labute approximate surface area is 245 Å². The number of benzene rings is 3. The molecule has 214 valence electrons. The average Bonchev–Trinajstić information content (AvgIpc) is 2.94. The highest BCUT2D eigenvalue weighted by Crippen LogP contribution is 2.27. The van der Waals surface area contributed by atoms with Crippen LogP contribution in [-0.2, 0) is 26.2 Å². The highest BCUT2D eigenvalue weighted by molar-refractivity contribution is 7.92. The lowest BCUT2D eigenvalue weighted by Crippen LogP contribution is -2.51. The number of nitrogens with zero attached hydrogens (tertiary/aromatic N) is 2. The van der Waals surface area contributed by atoms with Crippen molar-refractivity contribution in [1.29, 1.82) is 0 Å². The zero-order valence-corrected chi connectivity index (χ0v) is 25.1. The smallest absolute Gasteiger partial charge is 0.264 e. The lowest BCUT2D eigenvalue weighted by Gasteiger charge is -2.32. The van der Waals surface area contributed by atoms with Gasteiger partial charge in [0.25, 0.3) is 10.0 Å². The molecule has 3 rings (SSSR count). The topological polar surface area (TPSA) is 96.0 Å². The minimum Gasteiger partial charge on any atom is -0.497 e. The molecule has 11 heteroatoms. The van der Waals surface area contributed by atoms with Crippen molar-refractivity contribution in [3.63, 3.8) is 0 Å². The van der Waals surface area contributed by atoms with Gasteiger partial charge in [0.1, 0.15) is 18.3 Å². The van der Waals surface area contributed by atoms with Gasteiger partial charge in [-0.05, 0) is 79.1 Å². The molecule has 0 radical (unpaired) electrons. The van der Waals surface area contributed by atoms with Crippen molar-refractivity contribution in [2.24, 2.45) is 5.92 Å². The number of methoxy groups -OCH3 is 1. The van der Waals surface area contributed by atoms with Crippen molar-refractivity contribution in [1.82, 2.24) is 10.2 Å². The number of ether oxygens (including phenoxy) is 1. The van der Waals surface area contributed by atoms with Crippen molar-refractivity contribution >= 4 is 50.7 Å². The summed E-state index contributed by atoms with van der Waals surface area (Å²) in [6.07, 6.45) is 0. The van der Waals surface area contributed by atoms with E-state index in [2.05, 4.69) is 5.32 Å². The van der Waals surface area contributed by atoms with Crippen LogP contribution in [-0.4, -0.2) is 51.4 Å². The van der Waals surface area contributed by atoms with E-state index in [1.54, 1.807) is 43.3 Å². The first-order valence-electron chi connectivity index (χ1n) is 12.7. The Balaban J connectivity index is 2.00. The van der Waals surface area contributed by atoms with Crippen LogP contribution in [0.1, 0.15) is 26.3 Å². The van der Waals surface area contributed by atoms with Crippen LogP contribution in [0.4, 0.5) is 5.69 Å². The van der Waals surface area contributed by atoms with E-state index in [0.29, 0.717) is 22.3 Å². The van der Waals surface area contributed by atoms with Gasteiger partial charge in [0.15, 0.2) is 0 Å². The van der Waals surface area contributed by atoms with Gasteiger partial charge in [-0.3, -0.25) is 13.9 Å². The predicted octanol–water partition coefficient (Wildman–Crippen LogP) is 5.39. The molecular weight excluding hydrogens is 573 g/mol. The highest BCUT2D eigenvalue weighted by Gasteiger charge is 2.32. The molecule has 0 spiro atoms. The first-order chi connectivity index (χ1) is 18.9. The third kappa shape index (κ3) is 8.13. The first kappa shape index (κ1) is 31.3. The molecule has 8 nitrogen and oxygen atoms in total. The van der Waals surface area contributed by atoms with Crippen LogP contribution in [0.2, 0.25) is 10.0 Å². The quantitative estimate of drug-likeness (QED) is 0.299. The molecule has 0 saturated carbocycles. The number of halogens is 2. The molecular formula is C29H33Cl2N3O5S. The summed E-state index contributed by atoms with van der Waals surface area (Å²) >= 11 is 12.1. The minimum absolute atomic E-state index is 0.0250. The Morgan fingerprint density at radius 1 is 0.875 bits per heavy atom. The average molecular weight is 607 g/mol. The standard InChI is InChI=1S/C29H33Cl2N3O5S/c1-20(2)17-32-29(36)21(3)33(18-22-5-7-23(30)8-6-22)28(35)19-34(25-11-9-24(31)10-12-25)40(37,38)27-15-13-26(39-4)14-16-27/h5-16,20-21H,17-19H2,1-4H3,(H,32,36)/t21-/m1/s1. The molecule has 0 fully saturated rings. The van der Waals surface area contributed by atoms with Crippen LogP contribution in [0.15, 0.2) is 77.7 Å². The van der Waals surface area contributed by atoms with E-state index in [4.69, 9.17) is 27.9 Å². The number of carbonyl (C=O) groups excluding carboxylic acids is 2. The van der Waals surface area contributed by atoms with E-state index in [1.807, 2.05) is 13.8 Å². The Bertz CT molecular complexity index is 1400. The van der Waals surface area contributed by atoms with E-state index < -0.39 is 28.5 Å². The number of rotatable bonds is 12. The largest absolute Gasteiger partial charge is 0.497 e. The van der Waals surface area contributed by atoms with E-state index >= 15 is 0 Å². The summed E-state index contributed by atoms with van der Waals surface area (Å²) < 4.78 is 33.8. The van der Waals surface area contributed by atoms with Crippen molar-refractivity contribution in [2.45, 2.75) is 38.3 Å². The fourth-order valence-electron chi connectivity index (χ4n) is 3.83. The van der Waals surface area contributed by atoms with Crippen LogP contribution >= 0.6 is 23.2 Å².